The van der Waals surface area contributed by atoms with E-state index in [1.54, 1.807) is 19.9 Å². The molecule has 0 aliphatic carbocycles. The summed E-state index contributed by atoms with van der Waals surface area (Å²) < 4.78 is 12.6. The van der Waals surface area contributed by atoms with E-state index < -0.39 is 24.5 Å². The highest BCUT2D eigenvalue weighted by Crippen LogP contribution is 2.34. The third-order valence-corrected chi connectivity index (χ3v) is 5.91. The van der Waals surface area contributed by atoms with Crippen molar-refractivity contribution in [1.29, 1.82) is 0 Å². The van der Waals surface area contributed by atoms with E-state index in [4.69, 9.17) is 9.15 Å². The number of carbonyl (C=O) groups excluding carboxylic acids is 3. The molecule has 2 aromatic carbocycles. The summed E-state index contributed by atoms with van der Waals surface area (Å²) in [6, 6.07) is 19.6. The number of amides is 1. The predicted molar refractivity (Wildman–Crippen MR) is 133 cm³/mol. The van der Waals surface area contributed by atoms with Crippen molar-refractivity contribution in [2.24, 2.45) is 5.92 Å². The van der Waals surface area contributed by atoms with Gasteiger partial charge in [0.2, 0.25) is 5.78 Å². The van der Waals surface area contributed by atoms with Gasteiger partial charge in [0.15, 0.2) is 12.4 Å². The molecule has 0 saturated carbocycles. The molecular weight excluding hydrogens is 444 g/mol. The Morgan fingerprint density at radius 3 is 2.34 bits per heavy atom. The van der Waals surface area contributed by atoms with Crippen LogP contribution in [-0.4, -0.2) is 34.9 Å². The van der Waals surface area contributed by atoms with Gasteiger partial charge in [0.25, 0.3) is 5.91 Å². The topological polar surface area (TPSA) is 90.5 Å². The van der Waals surface area contributed by atoms with Crippen molar-refractivity contribution in [3.8, 4) is 11.3 Å². The molecule has 35 heavy (non-hydrogen) atoms. The first kappa shape index (κ1) is 24.0. The number of rotatable bonds is 9. The van der Waals surface area contributed by atoms with Crippen LogP contribution in [-0.2, 0) is 16.1 Å². The lowest BCUT2D eigenvalue weighted by Gasteiger charge is -2.20. The van der Waals surface area contributed by atoms with Gasteiger partial charge in [-0.25, -0.2) is 4.79 Å². The van der Waals surface area contributed by atoms with Gasteiger partial charge in [0, 0.05) is 17.4 Å². The Kier molecular flexibility index (Phi) is 7.15. The zero-order valence-electron chi connectivity index (χ0n) is 20.0. The molecule has 2 aromatic heterocycles. The minimum Gasteiger partial charge on any atom is -0.459 e. The molecule has 0 aliphatic heterocycles. The molecule has 4 aromatic rings. The van der Waals surface area contributed by atoms with Gasteiger partial charge in [-0.2, -0.15) is 0 Å². The number of nitrogens with one attached hydrogen (secondary N) is 1. The van der Waals surface area contributed by atoms with Crippen LogP contribution in [0, 0.1) is 5.92 Å². The SMILES string of the molecule is CCn1c(-c2ccccc2)c(C(=O)COC(=O)[C@@H](NC(=O)c2ccco2)C(C)C)c2ccccc21. The van der Waals surface area contributed by atoms with E-state index >= 15 is 0 Å². The molecule has 0 aliphatic rings. The fourth-order valence-corrected chi connectivity index (χ4v) is 4.23. The molecule has 4 rings (SSSR count). The summed E-state index contributed by atoms with van der Waals surface area (Å²) in [7, 11) is 0. The van der Waals surface area contributed by atoms with E-state index in [0.29, 0.717) is 12.1 Å². The van der Waals surface area contributed by atoms with Crippen molar-refractivity contribution >= 4 is 28.6 Å². The van der Waals surface area contributed by atoms with Crippen LogP contribution in [0.15, 0.2) is 77.4 Å². The average molecular weight is 473 g/mol. The number of benzene rings is 2. The smallest absolute Gasteiger partial charge is 0.329 e. The summed E-state index contributed by atoms with van der Waals surface area (Å²) >= 11 is 0. The number of para-hydroxylation sites is 1. The van der Waals surface area contributed by atoms with Crippen LogP contribution < -0.4 is 5.32 Å². The molecule has 1 amide bonds. The maximum atomic E-state index is 13.5. The van der Waals surface area contributed by atoms with Gasteiger partial charge in [-0.1, -0.05) is 62.4 Å². The highest BCUT2D eigenvalue weighted by atomic mass is 16.5. The van der Waals surface area contributed by atoms with Gasteiger partial charge in [0.05, 0.1) is 17.5 Å². The second kappa shape index (κ2) is 10.4. The Morgan fingerprint density at radius 1 is 0.971 bits per heavy atom. The lowest BCUT2D eigenvalue weighted by molar-refractivity contribution is -0.145. The molecule has 7 heteroatoms. The van der Waals surface area contributed by atoms with Crippen LogP contribution in [0.3, 0.4) is 0 Å². The molecule has 7 nitrogen and oxygen atoms in total. The van der Waals surface area contributed by atoms with Gasteiger partial charge in [-0.05, 0) is 36.6 Å². The fourth-order valence-electron chi connectivity index (χ4n) is 4.23. The van der Waals surface area contributed by atoms with E-state index in [9.17, 15) is 14.4 Å². The number of hydrogen-bond acceptors (Lipinski definition) is 5. The Bertz CT molecular complexity index is 1340. The maximum Gasteiger partial charge on any atom is 0.329 e. The number of aryl methyl sites for hydroxylation is 1. The summed E-state index contributed by atoms with van der Waals surface area (Å²) in [4.78, 5) is 38.8. The predicted octanol–water partition coefficient (Wildman–Crippen LogP) is 5.10. The zero-order valence-corrected chi connectivity index (χ0v) is 20.0. The van der Waals surface area contributed by atoms with Gasteiger partial charge < -0.3 is 19.0 Å². The van der Waals surface area contributed by atoms with E-state index in [2.05, 4.69) is 9.88 Å². The highest BCUT2D eigenvalue weighted by Gasteiger charge is 2.29. The van der Waals surface area contributed by atoms with Gasteiger partial charge in [-0.15, -0.1) is 0 Å². The third kappa shape index (κ3) is 4.89. The number of ketones is 1. The Labute approximate surface area is 203 Å². The molecule has 0 unspecified atom stereocenters. The van der Waals surface area contributed by atoms with E-state index in [1.165, 1.54) is 12.3 Å². The van der Waals surface area contributed by atoms with Crippen molar-refractivity contribution in [1.82, 2.24) is 9.88 Å². The van der Waals surface area contributed by atoms with Gasteiger partial charge >= 0.3 is 5.97 Å². The largest absolute Gasteiger partial charge is 0.459 e. The van der Waals surface area contributed by atoms with Crippen molar-refractivity contribution in [3.05, 3.63) is 84.3 Å². The summed E-state index contributed by atoms with van der Waals surface area (Å²) in [6.07, 6.45) is 1.38. The van der Waals surface area contributed by atoms with Crippen LogP contribution in [0.25, 0.3) is 22.2 Å². The van der Waals surface area contributed by atoms with Crippen LogP contribution in [0.5, 0.6) is 0 Å². The summed E-state index contributed by atoms with van der Waals surface area (Å²) in [6.45, 7) is 5.85. The second-order valence-corrected chi connectivity index (χ2v) is 8.55. The van der Waals surface area contributed by atoms with Crippen LogP contribution >= 0.6 is 0 Å². The number of furan rings is 1. The van der Waals surface area contributed by atoms with Crippen molar-refractivity contribution in [3.63, 3.8) is 0 Å². The number of aromatic nitrogens is 1. The summed E-state index contributed by atoms with van der Waals surface area (Å²) in [5, 5.41) is 3.45. The zero-order chi connectivity index (χ0) is 24.9. The van der Waals surface area contributed by atoms with Crippen molar-refractivity contribution < 1.29 is 23.5 Å². The molecule has 2 heterocycles. The first-order chi connectivity index (χ1) is 16.9. The molecule has 0 saturated heterocycles. The maximum absolute atomic E-state index is 13.5. The first-order valence-electron chi connectivity index (χ1n) is 11.6. The number of ether oxygens (including phenoxy) is 1. The van der Waals surface area contributed by atoms with Crippen molar-refractivity contribution in [2.45, 2.75) is 33.4 Å². The number of esters is 1. The number of hydrogen-bond donors (Lipinski definition) is 1. The molecule has 0 radical (unpaired) electrons. The molecule has 0 bridgehead atoms. The number of carbonyl (C=O) groups is 3. The molecule has 180 valence electrons. The number of fused-ring (bicyclic) bond motifs is 1. The molecule has 1 atom stereocenters. The Morgan fingerprint density at radius 2 is 1.69 bits per heavy atom. The Balaban J connectivity index is 1.60. The van der Waals surface area contributed by atoms with Crippen LogP contribution in [0.4, 0.5) is 0 Å². The average Bonchev–Trinajstić information content (AvgIpc) is 3.52. The number of nitrogens with zero attached hydrogens (tertiary/aromatic N) is 1. The summed E-state index contributed by atoms with van der Waals surface area (Å²) in [5.74, 6) is -1.65. The minimum atomic E-state index is -0.925. The third-order valence-electron chi connectivity index (χ3n) is 5.91. The fraction of sp³-hybridized carbons (Fsp3) is 0.250. The molecular formula is C28H28N2O5. The van der Waals surface area contributed by atoms with Crippen LogP contribution in [0.1, 0.15) is 41.7 Å². The van der Waals surface area contributed by atoms with Gasteiger partial charge in [-0.3, -0.25) is 9.59 Å². The van der Waals surface area contributed by atoms with Crippen molar-refractivity contribution in [2.75, 3.05) is 6.61 Å². The molecule has 1 N–H and O–H groups in total. The number of Topliss-reactive ketones (excluding diaryl/α,β-unsaturated/α-hetero) is 1. The molecule has 0 spiro atoms. The standard InChI is InChI=1S/C28H28N2O5/c1-4-30-21-14-9-8-13-20(21)24(26(30)19-11-6-5-7-12-19)22(31)17-35-28(33)25(18(2)3)29-27(32)23-15-10-16-34-23/h5-16,18,25H,4,17H2,1-3H3,(H,29,32)/t25-/m0/s1. The second-order valence-electron chi connectivity index (χ2n) is 8.55. The van der Waals surface area contributed by atoms with Gasteiger partial charge in [0.1, 0.15) is 6.04 Å². The quantitative estimate of drug-likeness (QED) is 0.270. The van der Waals surface area contributed by atoms with Crippen LogP contribution in [0.2, 0.25) is 0 Å². The summed E-state index contributed by atoms with van der Waals surface area (Å²) in [5.41, 5.74) is 3.16. The first-order valence-corrected chi connectivity index (χ1v) is 11.6. The lowest BCUT2D eigenvalue weighted by Crippen LogP contribution is -2.45. The van der Waals surface area contributed by atoms with E-state index in [1.807, 2.05) is 61.5 Å². The monoisotopic (exact) mass is 472 g/mol. The Hall–Kier alpha value is -4.13. The highest BCUT2D eigenvalue weighted by molar-refractivity contribution is 6.14. The van der Waals surface area contributed by atoms with E-state index in [-0.39, 0.29) is 17.5 Å². The molecule has 0 fully saturated rings. The van der Waals surface area contributed by atoms with E-state index in [0.717, 1.165) is 22.2 Å². The minimum absolute atomic E-state index is 0.0967. The normalized spacial score (nSPS) is 12.0. The lowest BCUT2D eigenvalue weighted by atomic mass is 10.0.